The molecule has 1 saturated heterocycles. The summed E-state index contributed by atoms with van der Waals surface area (Å²) in [5.74, 6) is -1.89. The van der Waals surface area contributed by atoms with Crippen LogP contribution < -0.4 is 0 Å². The highest BCUT2D eigenvalue weighted by Crippen LogP contribution is 2.29. The van der Waals surface area contributed by atoms with Crippen molar-refractivity contribution in [2.75, 3.05) is 13.2 Å². The van der Waals surface area contributed by atoms with Crippen LogP contribution in [0.4, 0.5) is 0 Å². The van der Waals surface area contributed by atoms with Gasteiger partial charge in [0.2, 0.25) is 0 Å². The van der Waals surface area contributed by atoms with Crippen LogP contribution in [-0.4, -0.2) is 66.9 Å². The van der Waals surface area contributed by atoms with E-state index in [0.717, 1.165) is 0 Å². The highest BCUT2D eigenvalue weighted by atomic mass is 16.7. The molecule has 0 saturated carbocycles. The minimum atomic E-state index is -1.14. The quantitative estimate of drug-likeness (QED) is 0.508. The van der Waals surface area contributed by atoms with Crippen LogP contribution in [0, 0.1) is 0 Å². The van der Waals surface area contributed by atoms with E-state index in [1.165, 1.54) is 20.8 Å². The second-order valence-electron chi connectivity index (χ2n) is 5.03. The van der Waals surface area contributed by atoms with Crippen LogP contribution in [0.5, 0.6) is 0 Å². The van der Waals surface area contributed by atoms with Gasteiger partial charge < -0.3 is 28.8 Å². The van der Waals surface area contributed by atoms with Gasteiger partial charge >= 0.3 is 17.9 Å². The van der Waals surface area contributed by atoms with Gasteiger partial charge in [0.1, 0.15) is 0 Å². The van der Waals surface area contributed by atoms with Crippen molar-refractivity contribution < 1.29 is 43.2 Å². The fraction of sp³-hybridized carbons (Fsp3) is 0.786. The molecular weight excluding hydrogens is 312 g/mol. The van der Waals surface area contributed by atoms with Crippen molar-refractivity contribution in [3.63, 3.8) is 0 Å². The molecule has 1 fully saturated rings. The van der Waals surface area contributed by atoms with E-state index >= 15 is 0 Å². The fourth-order valence-corrected chi connectivity index (χ4v) is 2.27. The van der Waals surface area contributed by atoms with Crippen molar-refractivity contribution in [1.82, 2.24) is 0 Å². The summed E-state index contributed by atoms with van der Waals surface area (Å²) in [4.78, 5) is 34.0. The van der Waals surface area contributed by atoms with Crippen molar-refractivity contribution >= 4 is 17.9 Å². The van der Waals surface area contributed by atoms with Crippen LogP contribution in [0.25, 0.3) is 0 Å². The molecule has 1 rings (SSSR count). The molecule has 1 heterocycles. The van der Waals surface area contributed by atoms with Gasteiger partial charge in [-0.2, -0.15) is 0 Å². The molecule has 0 aromatic rings. The first-order valence-electron chi connectivity index (χ1n) is 7.15. The lowest BCUT2D eigenvalue weighted by Gasteiger charge is -2.43. The predicted octanol–water partition coefficient (Wildman–Crippen LogP) is -0.465. The summed E-state index contributed by atoms with van der Waals surface area (Å²) >= 11 is 0. The third-order valence-corrected chi connectivity index (χ3v) is 3.01. The summed E-state index contributed by atoms with van der Waals surface area (Å²) in [6.45, 7) is 4.81. The second-order valence-corrected chi connectivity index (χ2v) is 5.03. The highest BCUT2D eigenvalue weighted by molar-refractivity contribution is 5.68. The minimum Gasteiger partial charge on any atom is -0.456 e. The van der Waals surface area contributed by atoms with Gasteiger partial charge in [0.25, 0.3) is 0 Å². The zero-order chi connectivity index (χ0) is 17.6. The standard InChI is InChI=1S/C14H22O9/c1-7-11(21-8(2)16)12(22-9(3)17)13(23-10(4)18)14(20-7)19-6-5-15/h7,11-15H,5-6H2,1-4H3/t7-,11-,12+,13+,14+/m0/s1. The van der Waals surface area contributed by atoms with Crippen LogP contribution >= 0.6 is 0 Å². The minimum absolute atomic E-state index is 0.0693. The monoisotopic (exact) mass is 334 g/mol. The third-order valence-electron chi connectivity index (χ3n) is 3.01. The van der Waals surface area contributed by atoms with E-state index in [1.807, 2.05) is 0 Å². The van der Waals surface area contributed by atoms with Crippen molar-refractivity contribution in [2.24, 2.45) is 0 Å². The molecule has 9 heteroatoms. The SMILES string of the molecule is CC(=O)O[C@@H]1[C@@H](OC(C)=O)[C@H](C)O[C@@H](OCCO)[C@@H]1OC(C)=O. The Balaban J connectivity index is 3.08. The molecule has 23 heavy (non-hydrogen) atoms. The number of carbonyl (C=O) groups excluding carboxylic acids is 3. The molecule has 0 amide bonds. The lowest BCUT2D eigenvalue weighted by Crippen LogP contribution is -2.61. The van der Waals surface area contributed by atoms with E-state index in [-0.39, 0.29) is 13.2 Å². The Morgan fingerprint density at radius 1 is 0.913 bits per heavy atom. The van der Waals surface area contributed by atoms with Gasteiger partial charge in [-0.1, -0.05) is 0 Å². The Morgan fingerprint density at radius 2 is 1.39 bits per heavy atom. The molecule has 0 aliphatic carbocycles. The topological polar surface area (TPSA) is 118 Å². The molecule has 9 nitrogen and oxygen atoms in total. The smallest absolute Gasteiger partial charge is 0.303 e. The maximum absolute atomic E-state index is 11.4. The molecule has 0 aromatic heterocycles. The van der Waals surface area contributed by atoms with Gasteiger partial charge in [0.15, 0.2) is 24.6 Å². The summed E-state index contributed by atoms with van der Waals surface area (Å²) in [5, 5.41) is 8.87. The molecule has 1 N–H and O–H groups in total. The summed E-state index contributed by atoms with van der Waals surface area (Å²) < 4.78 is 26.3. The summed E-state index contributed by atoms with van der Waals surface area (Å²) in [6.07, 6.45) is -4.94. The van der Waals surface area contributed by atoms with Gasteiger partial charge in [0.05, 0.1) is 19.3 Å². The predicted molar refractivity (Wildman–Crippen MR) is 74.0 cm³/mol. The van der Waals surface area contributed by atoms with Crippen molar-refractivity contribution in [3.05, 3.63) is 0 Å². The molecule has 0 unspecified atom stereocenters. The van der Waals surface area contributed by atoms with Gasteiger partial charge in [-0.05, 0) is 6.92 Å². The summed E-state index contributed by atoms with van der Waals surface area (Å²) in [7, 11) is 0. The Labute approximate surface area is 133 Å². The summed E-state index contributed by atoms with van der Waals surface area (Å²) in [6, 6.07) is 0. The largest absolute Gasteiger partial charge is 0.456 e. The maximum atomic E-state index is 11.4. The van der Waals surface area contributed by atoms with Crippen LogP contribution in [0.15, 0.2) is 0 Å². The zero-order valence-electron chi connectivity index (χ0n) is 13.5. The van der Waals surface area contributed by atoms with Crippen LogP contribution in [0.2, 0.25) is 0 Å². The number of rotatable bonds is 6. The van der Waals surface area contributed by atoms with Crippen molar-refractivity contribution in [2.45, 2.75) is 58.4 Å². The first kappa shape index (κ1) is 19.3. The van der Waals surface area contributed by atoms with Crippen molar-refractivity contribution in [3.8, 4) is 0 Å². The normalized spacial score (nSPS) is 30.4. The number of carbonyl (C=O) groups is 3. The molecule has 1 aliphatic heterocycles. The molecule has 5 atom stereocenters. The average Bonchev–Trinajstić information content (AvgIpc) is 2.42. The van der Waals surface area contributed by atoms with E-state index in [0.29, 0.717) is 0 Å². The van der Waals surface area contributed by atoms with Crippen LogP contribution in [0.1, 0.15) is 27.7 Å². The zero-order valence-corrected chi connectivity index (χ0v) is 13.5. The number of ether oxygens (including phenoxy) is 5. The fourth-order valence-electron chi connectivity index (χ4n) is 2.27. The molecule has 1 aliphatic rings. The van der Waals surface area contributed by atoms with Gasteiger partial charge in [0, 0.05) is 20.8 Å². The van der Waals surface area contributed by atoms with E-state index in [9.17, 15) is 14.4 Å². The van der Waals surface area contributed by atoms with E-state index in [2.05, 4.69) is 0 Å². The molecule has 0 bridgehead atoms. The maximum Gasteiger partial charge on any atom is 0.303 e. The lowest BCUT2D eigenvalue weighted by atomic mass is 9.99. The Kier molecular flexibility index (Phi) is 7.40. The molecule has 0 radical (unpaired) electrons. The van der Waals surface area contributed by atoms with Gasteiger partial charge in [-0.25, -0.2) is 0 Å². The van der Waals surface area contributed by atoms with E-state index in [4.69, 9.17) is 28.8 Å². The Hall–Kier alpha value is -1.71. The molecular formula is C14H22O9. The number of hydrogen-bond acceptors (Lipinski definition) is 9. The highest BCUT2D eigenvalue weighted by Gasteiger charge is 2.50. The number of hydrogen-bond donors (Lipinski definition) is 1. The first-order valence-corrected chi connectivity index (χ1v) is 7.15. The second kappa shape index (κ2) is 8.80. The van der Waals surface area contributed by atoms with E-state index in [1.54, 1.807) is 6.92 Å². The molecule has 132 valence electrons. The van der Waals surface area contributed by atoms with Gasteiger partial charge in [-0.15, -0.1) is 0 Å². The third kappa shape index (κ3) is 5.77. The van der Waals surface area contributed by atoms with E-state index < -0.39 is 48.6 Å². The first-order chi connectivity index (χ1) is 10.8. The number of aliphatic hydroxyl groups is 1. The number of aliphatic hydroxyl groups excluding tert-OH is 1. The summed E-state index contributed by atoms with van der Waals surface area (Å²) in [5.41, 5.74) is 0. The lowest BCUT2D eigenvalue weighted by molar-refractivity contribution is -0.301. The Morgan fingerprint density at radius 3 is 1.87 bits per heavy atom. The number of esters is 3. The van der Waals surface area contributed by atoms with Crippen LogP contribution in [0.3, 0.4) is 0 Å². The molecule has 0 spiro atoms. The van der Waals surface area contributed by atoms with Gasteiger partial charge in [-0.3, -0.25) is 14.4 Å². The van der Waals surface area contributed by atoms with Crippen molar-refractivity contribution in [1.29, 1.82) is 0 Å². The average molecular weight is 334 g/mol. The van der Waals surface area contributed by atoms with Crippen LogP contribution in [-0.2, 0) is 38.1 Å². The Bertz CT molecular complexity index is 436. The molecule has 0 aromatic carbocycles.